The van der Waals surface area contributed by atoms with Crippen molar-refractivity contribution in [2.75, 3.05) is 12.4 Å². The van der Waals surface area contributed by atoms with E-state index in [1.807, 2.05) is 36.4 Å². The highest BCUT2D eigenvalue weighted by atomic mass is 35.5. The van der Waals surface area contributed by atoms with Gasteiger partial charge in [-0.3, -0.25) is 4.98 Å². The van der Waals surface area contributed by atoms with Gasteiger partial charge in [0.05, 0.1) is 42.3 Å². The molecule has 1 heterocycles. The van der Waals surface area contributed by atoms with Gasteiger partial charge in [-0.15, -0.1) is 0 Å². The average Bonchev–Trinajstić information content (AvgIpc) is 2.53. The Morgan fingerprint density at radius 2 is 1.95 bits per heavy atom. The summed E-state index contributed by atoms with van der Waals surface area (Å²) in [7, 11) is 1.63. The lowest BCUT2D eigenvalue weighted by atomic mass is 10.2. The largest absolute Gasteiger partial charge is 0.495 e. The monoisotopic (exact) mass is 299 g/mol. The van der Waals surface area contributed by atoms with Crippen molar-refractivity contribution in [3.8, 4) is 5.75 Å². The molecule has 0 saturated carbocycles. The van der Waals surface area contributed by atoms with Crippen LogP contribution in [0.3, 0.4) is 0 Å². The summed E-state index contributed by atoms with van der Waals surface area (Å²) in [6, 6.07) is 13.2. The molecule has 0 aliphatic rings. The molecule has 0 unspecified atom stereocenters. The van der Waals surface area contributed by atoms with E-state index in [9.17, 15) is 0 Å². The van der Waals surface area contributed by atoms with Gasteiger partial charge in [-0.2, -0.15) is 0 Å². The van der Waals surface area contributed by atoms with Crippen LogP contribution in [-0.4, -0.2) is 17.1 Å². The number of nitrogens with one attached hydrogen (secondary N) is 1. The van der Waals surface area contributed by atoms with Gasteiger partial charge in [0, 0.05) is 5.02 Å². The zero-order chi connectivity index (χ0) is 14.7. The van der Waals surface area contributed by atoms with Crippen LogP contribution < -0.4 is 10.1 Å². The highest BCUT2D eigenvalue weighted by Crippen LogP contribution is 2.27. The first-order valence-corrected chi connectivity index (χ1v) is 6.92. The fraction of sp³-hybridized carbons (Fsp3) is 0.125. The summed E-state index contributed by atoms with van der Waals surface area (Å²) in [6.45, 7) is 0.550. The molecule has 0 amide bonds. The predicted molar refractivity (Wildman–Crippen MR) is 84.9 cm³/mol. The van der Waals surface area contributed by atoms with Crippen molar-refractivity contribution in [3.63, 3.8) is 0 Å². The van der Waals surface area contributed by atoms with Gasteiger partial charge in [-0.1, -0.05) is 23.7 Å². The van der Waals surface area contributed by atoms with E-state index in [2.05, 4.69) is 15.3 Å². The van der Waals surface area contributed by atoms with E-state index in [1.54, 1.807) is 19.4 Å². The van der Waals surface area contributed by atoms with Gasteiger partial charge in [0.2, 0.25) is 0 Å². The lowest BCUT2D eigenvalue weighted by molar-refractivity contribution is 0.416. The van der Waals surface area contributed by atoms with Crippen molar-refractivity contribution in [3.05, 3.63) is 59.4 Å². The number of anilines is 1. The summed E-state index contributed by atoms with van der Waals surface area (Å²) < 4.78 is 5.30. The Bertz CT molecular complexity index is 776. The molecule has 0 atom stereocenters. The lowest BCUT2D eigenvalue weighted by Gasteiger charge is -2.11. The molecule has 0 radical (unpaired) electrons. The van der Waals surface area contributed by atoms with Gasteiger partial charge in [0.25, 0.3) is 0 Å². The minimum Gasteiger partial charge on any atom is -0.495 e. The van der Waals surface area contributed by atoms with Crippen molar-refractivity contribution in [1.29, 1.82) is 0 Å². The minimum atomic E-state index is 0.550. The summed E-state index contributed by atoms with van der Waals surface area (Å²) in [6.07, 6.45) is 1.77. The molecule has 4 nitrogen and oxygen atoms in total. The Morgan fingerprint density at radius 1 is 1.14 bits per heavy atom. The summed E-state index contributed by atoms with van der Waals surface area (Å²) in [5.74, 6) is 0.744. The molecule has 1 aromatic heterocycles. The molecule has 0 aliphatic carbocycles. The number of rotatable bonds is 4. The van der Waals surface area contributed by atoms with Gasteiger partial charge < -0.3 is 10.1 Å². The zero-order valence-corrected chi connectivity index (χ0v) is 12.3. The third kappa shape index (κ3) is 3.06. The second kappa shape index (κ2) is 5.97. The molecular weight excluding hydrogens is 286 g/mol. The van der Waals surface area contributed by atoms with E-state index < -0.39 is 0 Å². The van der Waals surface area contributed by atoms with Crippen LogP contribution in [0.2, 0.25) is 5.02 Å². The number of para-hydroxylation sites is 2. The number of hydrogen-bond donors (Lipinski definition) is 1. The summed E-state index contributed by atoms with van der Waals surface area (Å²) in [5.41, 5.74) is 3.46. The topological polar surface area (TPSA) is 47.0 Å². The van der Waals surface area contributed by atoms with Crippen LogP contribution in [0.15, 0.2) is 48.7 Å². The quantitative estimate of drug-likeness (QED) is 0.793. The number of benzene rings is 2. The van der Waals surface area contributed by atoms with Crippen LogP contribution in [0, 0.1) is 0 Å². The van der Waals surface area contributed by atoms with Crippen LogP contribution in [0.5, 0.6) is 5.75 Å². The molecule has 2 aromatic carbocycles. The zero-order valence-electron chi connectivity index (χ0n) is 11.5. The Hall–Kier alpha value is -2.33. The number of methoxy groups -OCH3 is 1. The Morgan fingerprint density at radius 3 is 2.76 bits per heavy atom. The maximum Gasteiger partial charge on any atom is 0.142 e. The number of halogens is 1. The Balaban J connectivity index is 1.81. The molecular formula is C16H14ClN3O. The SMILES string of the molecule is COc1ccc(Cl)cc1NCc1cnc2ccccc2n1. The predicted octanol–water partition coefficient (Wildman–Crippen LogP) is 3.90. The third-order valence-corrected chi connectivity index (χ3v) is 3.36. The van der Waals surface area contributed by atoms with Crippen LogP contribution in [0.25, 0.3) is 11.0 Å². The number of nitrogens with zero attached hydrogens (tertiary/aromatic N) is 2. The van der Waals surface area contributed by atoms with Gasteiger partial charge in [0.1, 0.15) is 5.75 Å². The van der Waals surface area contributed by atoms with Gasteiger partial charge >= 0.3 is 0 Å². The summed E-state index contributed by atoms with van der Waals surface area (Å²) in [5, 5.41) is 3.93. The van der Waals surface area contributed by atoms with Crippen LogP contribution >= 0.6 is 11.6 Å². The molecule has 3 rings (SSSR count). The van der Waals surface area contributed by atoms with Crippen molar-refractivity contribution in [2.45, 2.75) is 6.54 Å². The first-order chi connectivity index (χ1) is 10.3. The van der Waals surface area contributed by atoms with E-state index in [0.29, 0.717) is 11.6 Å². The van der Waals surface area contributed by atoms with Crippen LogP contribution in [0.1, 0.15) is 5.69 Å². The molecule has 1 N–H and O–H groups in total. The van der Waals surface area contributed by atoms with E-state index in [4.69, 9.17) is 16.3 Å². The van der Waals surface area contributed by atoms with Gasteiger partial charge in [-0.05, 0) is 30.3 Å². The summed E-state index contributed by atoms with van der Waals surface area (Å²) in [4.78, 5) is 8.96. The fourth-order valence-corrected chi connectivity index (χ4v) is 2.26. The molecule has 0 saturated heterocycles. The number of fused-ring (bicyclic) bond motifs is 1. The number of ether oxygens (including phenoxy) is 1. The molecule has 0 aliphatic heterocycles. The average molecular weight is 300 g/mol. The molecule has 0 spiro atoms. The lowest BCUT2D eigenvalue weighted by Crippen LogP contribution is -2.04. The molecule has 21 heavy (non-hydrogen) atoms. The van der Waals surface area contributed by atoms with Crippen molar-refractivity contribution < 1.29 is 4.74 Å². The van der Waals surface area contributed by atoms with Gasteiger partial charge in [-0.25, -0.2) is 4.98 Å². The molecule has 5 heteroatoms. The van der Waals surface area contributed by atoms with Crippen LogP contribution in [0.4, 0.5) is 5.69 Å². The highest BCUT2D eigenvalue weighted by molar-refractivity contribution is 6.30. The standard InChI is InChI=1S/C16H14ClN3O/c1-21-16-7-6-11(17)8-15(16)19-10-12-9-18-13-4-2-3-5-14(13)20-12/h2-9,19H,10H2,1H3. The van der Waals surface area contributed by atoms with Gasteiger partial charge in [0.15, 0.2) is 0 Å². The Kier molecular flexibility index (Phi) is 3.88. The number of hydrogen-bond acceptors (Lipinski definition) is 4. The molecule has 0 fully saturated rings. The van der Waals surface area contributed by atoms with Crippen molar-refractivity contribution in [1.82, 2.24) is 9.97 Å². The maximum atomic E-state index is 6.01. The second-order valence-corrected chi connectivity index (χ2v) is 4.98. The highest BCUT2D eigenvalue weighted by Gasteiger charge is 2.05. The summed E-state index contributed by atoms with van der Waals surface area (Å²) >= 11 is 6.01. The molecule has 3 aromatic rings. The minimum absolute atomic E-state index is 0.550. The van der Waals surface area contributed by atoms with E-state index in [-0.39, 0.29) is 0 Å². The second-order valence-electron chi connectivity index (χ2n) is 4.55. The first kappa shape index (κ1) is 13.6. The van der Waals surface area contributed by atoms with E-state index in [1.165, 1.54) is 0 Å². The smallest absolute Gasteiger partial charge is 0.142 e. The van der Waals surface area contributed by atoms with Crippen molar-refractivity contribution in [2.24, 2.45) is 0 Å². The molecule has 106 valence electrons. The van der Waals surface area contributed by atoms with Crippen molar-refractivity contribution >= 4 is 28.3 Å². The van der Waals surface area contributed by atoms with Crippen LogP contribution in [-0.2, 0) is 6.54 Å². The van der Waals surface area contributed by atoms with E-state index >= 15 is 0 Å². The first-order valence-electron chi connectivity index (χ1n) is 6.54. The fourth-order valence-electron chi connectivity index (χ4n) is 2.08. The third-order valence-electron chi connectivity index (χ3n) is 3.12. The Labute approximate surface area is 127 Å². The van der Waals surface area contributed by atoms with E-state index in [0.717, 1.165) is 28.2 Å². The number of aromatic nitrogens is 2. The molecule has 0 bridgehead atoms. The maximum absolute atomic E-state index is 6.01. The normalized spacial score (nSPS) is 10.6.